The zero-order valence-electron chi connectivity index (χ0n) is 10.2. The minimum absolute atomic E-state index is 0.0270. The fourth-order valence-corrected chi connectivity index (χ4v) is 2.71. The Morgan fingerprint density at radius 2 is 2.28 bits per heavy atom. The average Bonchev–Trinajstić information content (AvgIpc) is 2.76. The molecule has 2 unspecified atom stereocenters. The summed E-state index contributed by atoms with van der Waals surface area (Å²) in [6, 6.07) is 5.74. The third-order valence-electron chi connectivity index (χ3n) is 3.12. The van der Waals surface area contributed by atoms with Gasteiger partial charge in [0.1, 0.15) is 11.5 Å². The molecule has 0 heterocycles. The van der Waals surface area contributed by atoms with Crippen LogP contribution in [0.25, 0.3) is 0 Å². The van der Waals surface area contributed by atoms with Crippen LogP contribution in [0.1, 0.15) is 12.0 Å². The van der Waals surface area contributed by atoms with Crippen LogP contribution in [0.2, 0.25) is 0 Å². The minimum atomic E-state index is -0.0270. The zero-order valence-corrected chi connectivity index (χ0v) is 11.8. The van der Waals surface area contributed by atoms with Gasteiger partial charge in [-0.05, 0) is 40.0 Å². The number of rotatable bonds is 4. The van der Waals surface area contributed by atoms with Crippen molar-refractivity contribution in [1.29, 1.82) is 0 Å². The van der Waals surface area contributed by atoms with Crippen LogP contribution in [0, 0.1) is 5.92 Å². The summed E-state index contributed by atoms with van der Waals surface area (Å²) in [5, 5.41) is 0. The van der Waals surface area contributed by atoms with E-state index in [0.717, 1.165) is 22.2 Å². The number of hydrogen-bond acceptors (Lipinski definition) is 3. The first-order valence-electron chi connectivity index (χ1n) is 5.89. The number of allylic oxidation sites excluding steroid dienone is 1. The molecule has 0 aliphatic heterocycles. The first-order chi connectivity index (χ1) is 8.60. The Bertz CT molecular complexity index is 485. The van der Waals surface area contributed by atoms with Gasteiger partial charge in [-0.1, -0.05) is 18.2 Å². The summed E-state index contributed by atoms with van der Waals surface area (Å²) in [4.78, 5) is 12.1. The molecule has 2 atom stereocenters. The molecule has 2 N–H and O–H groups in total. The van der Waals surface area contributed by atoms with E-state index >= 15 is 0 Å². The molecule has 1 aliphatic carbocycles. The lowest BCUT2D eigenvalue weighted by Gasteiger charge is -2.09. The Labute approximate surface area is 115 Å². The molecule has 0 aromatic heterocycles. The number of nitrogens with two attached hydrogens (primary N) is 1. The van der Waals surface area contributed by atoms with Crippen molar-refractivity contribution in [3.05, 3.63) is 40.4 Å². The number of Topliss-reactive ketones (excluding diaryl/α,β-unsaturated/α-hetero) is 1. The Kier molecular flexibility index (Phi) is 4.19. The van der Waals surface area contributed by atoms with Crippen LogP contribution in [0.4, 0.5) is 0 Å². The van der Waals surface area contributed by atoms with E-state index in [9.17, 15) is 4.79 Å². The number of ketones is 1. The molecule has 0 saturated heterocycles. The van der Waals surface area contributed by atoms with Gasteiger partial charge in [-0.25, -0.2) is 0 Å². The molecule has 0 fully saturated rings. The Morgan fingerprint density at radius 1 is 1.50 bits per heavy atom. The van der Waals surface area contributed by atoms with E-state index in [-0.39, 0.29) is 17.7 Å². The van der Waals surface area contributed by atoms with E-state index in [1.807, 2.05) is 30.4 Å². The topological polar surface area (TPSA) is 52.3 Å². The molecule has 0 spiro atoms. The van der Waals surface area contributed by atoms with Gasteiger partial charge in [0.25, 0.3) is 0 Å². The van der Waals surface area contributed by atoms with E-state index in [4.69, 9.17) is 10.5 Å². The van der Waals surface area contributed by atoms with E-state index in [2.05, 4.69) is 15.9 Å². The monoisotopic (exact) mass is 309 g/mol. The molecule has 1 aromatic rings. The number of carbonyl (C=O) groups is 1. The first kappa shape index (κ1) is 13.3. The normalized spacial score (nSPS) is 22.2. The second-order valence-corrected chi connectivity index (χ2v) is 5.36. The van der Waals surface area contributed by atoms with Gasteiger partial charge in [0.2, 0.25) is 0 Å². The van der Waals surface area contributed by atoms with Crippen molar-refractivity contribution in [3.63, 3.8) is 0 Å². The summed E-state index contributed by atoms with van der Waals surface area (Å²) >= 11 is 3.42. The number of hydrogen-bond donors (Lipinski definition) is 1. The summed E-state index contributed by atoms with van der Waals surface area (Å²) in [5.41, 5.74) is 6.74. The smallest absolute Gasteiger partial charge is 0.144 e. The van der Waals surface area contributed by atoms with Gasteiger partial charge in [-0.2, -0.15) is 0 Å². The van der Waals surface area contributed by atoms with Crippen LogP contribution >= 0.6 is 15.9 Å². The lowest BCUT2D eigenvalue weighted by Crippen LogP contribution is -2.20. The fourth-order valence-electron chi connectivity index (χ4n) is 2.12. The van der Waals surface area contributed by atoms with Crippen LogP contribution in [0.15, 0.2) is 34.8 Å². The molecule has 18 heavy (non-hydrogen) atoms. The van der Waals surface area contributed by atoms with Crippen LogP contribution in [0.5, 0.6) is 5.75 Å². The van der Waals surface area contributed by atoms with Crippen molar-refractivity contribution in [1.82, 2.24) is 0 Å². The van der Waals surface area contributed by atoms with E-state index in [1.165, 1.54) is 0 Å². The first-order valence-corrected chi connectivity index (χ1v) is 6.68. The molecule has 0 radical (unpaired) electrons. The quantitative estimate of drug-likeness (QED) is 0.869. The SMILES string of the molecule is COc1ccc(CC(=O)C2C=CC(N)C2)cc1Br. The predicted octanol–water partition coefficient (Wildman–Crippen LogP) is 2.47. The molecule has 0 bridgehead atoms. The molecule has 1 aliphatic rings. The van der Waals surface area contributed by atoms with Crippen molar-refractivity contribution in [2.45, 2.75) is 18.9 Å². The van der Waals surface area contributed by atoms with Crippen molar-refractivity contribution in [3.8, 4) is 5.75 Å². The van der Waals surface area contributed by atoms with Crippen LogP contribution in [-0.2, 0) is 11.2 Å². The van der Waals surface area contributed by atoms with Gasteiger partial charge in [-0.15, -0.1) is 0 Å². The van der Waals surface area contributed by atoms with Gasteiger partial charge < -0.3 is 10.5 Å². The number of ether oxygens (including phenoxy) is 1. The molecule has 4 heteroatoms. The van der Waals surface area contributed by atoms with Gasteiger partial charge in [0.15, 0.2) is 0 Å². The van der Waals surface area contributed by atoms with Crippen LogP contribution in [0.3, 0.4) is 0 Å². The number of carbonyl (C=O) groups excluding carboxylic acids is 1. The predicted molar refractivity (Wildman–Crippen MR) is 74.6 cm³/mol. The third-order valence-corrected chi connectivity index (χ3v) is 3.74. The molecular formula is C14H16BrNO2. The van der Waals surface area contributed by atoms with Crippen molar-refractivity contribution >= 4 is 21.7 Å². The highest BCUT2D eigenvalue weighted by atomic mass is 79.9. The molecule has 2 rings (SSSR count). The second-order valence-electron chi connectivity index (χ2n) is 4.50. The number of methoxy groups -OCH3 is 1. The summed E-state index contributed by atoms with van der Waals surface area (Å²) in [7, 11) is 1.62. The Balaban J connectivity index is 2.03. The molecule has 96 valence electrons. The van der Waals surface area contributed by atoms with Gasteiger partial charge >= 0.3 is 0 Å². The molecular weight excluding hydrogens is 294 g/mol. The highest BCUT2D eigenvalue weighted by Crippen LogP contribution is 2.27. The van der Waals surface area contributed by atoms with Gasteiger partial charge in [0.05, 0.1) is 11.6 Å². The molecule has 3 nitrogen and oxygen atoms in total. The van der Waals surface area contributed by atoms with Gasteiger partial charge in [-0.3, -0.25) is 4.79 Å². The standard InChI is InChI=1S/C14H16BrNO2/c1-18-14-5-2-9(6-12(14)15)7-13(17)10-3-4-11(16)8-10/h2-6,10-11H,7-8,16H2,1H3. The van der Waals surface area contributed by atoms with Crippen molar-refractivity contribution in [2.24, 2.45) is 11.7 Å². The van der Waals surface area contributed by atoms with Crippen molar-refractivity contribution in [2.75, 3.05) is 7.11 Å². The zero-order chi connectivity index (χ0) is 13.1. The minimum Gasteiger partial charge on any atom is -0.496 e. The lowest BCUT2D eigenvalue weighted by atomic mass is 9.97. The highest BCUT2D eigenvalue weighted by molar-refractivity contribution is 9.10. The maximum Gasteiger partial charge on any atom is 0.144 e. The van der Waals surface area contributed by atoms with Crippen LogP contribution in [-0.4, -0.2) is 18.9 Å². The van der Waals surface area contributed by atoms with E-state index in [0.29, 0.717) is 6.42 Å². The van der Waals surface area contributed by atoms with Crippen LogP contribution < -0.4 is 10.5 Å². The maximum atomic E-state index is 12.1. The summed E-state index contributed by atoms with van der Waals surface area (Å²) in [6.45, 7) is 0. The van der Waals surface area contributed by atoms with Crippen molar-refractivity contribution < 1.29 is 9.53 Å². The largest absolute Gasteiger partial charge is 0.496 e. The fraction of sp³-hybridized carbons (Fsp3) is 0.357. The van der Waals surface area contributed by atoms with Gasteiger partial charge in [0, 0.05) is 18.4 Å². The molecule has 0 saturated carbocycles. The maximum absolute atomic E-state index is 12.1. The summed E-state index contributed by atoms with van der Waals surface area (Å²) in [5.74, 6) is 0.964. The third kappa shape index (κ3) is 3.00. The Morgan fingerprint density at radius 3 is 2.83 bits per heavy atom. The summed E-state index contributed by atoms with van der Waals surface area (Å²) in [6.07, 6.45) is 5.00. The molecule has 0 amide bonds. The van der Waals surface area contributed by atoms with E-state index in [1.54, 1.807) is 7.11 Å². The lowest BCUT2D eigenvalue weighted by molar-refractivity contribution is -0.120. The summed E-state index contributed by atoms with van der Waals surface area (Å²) < 4.78 is 6.03. The Hall–Kier alpha value is -1.13. The number of benzene rings is 1. The molecule has 1 aromatic carbocycles. The highest BCUT2D eigenvalue weighted by Gasteiger charge is 2.22. The second kappa shape index (κ2) is 5.67. The average molecular weight is 310 g/mol. The number of halogens is 1. The van der Waals surface area contributed by atoms with E-state index < -0.39 is 0 Å².